The molecule has 1 heterocycles. The maximum absolute atomic E-state index is 5.85. The van der Waals surface area contributed by atoms with Gasteiger partial charge in [0.25, 0.3) is 0 Å². The fraction of sp³-hybridized carbons (Fsp3) is 0.588. The van der Waals surface area contributed by atoms with Crippen LogP contribution >= 0.6 is 0 Å². The molecule has 1 aromatic carbocycles. The second kappa shape index (κ2) is 5.96. The van der Waals surface area contributed by atoms with Crippen molar-refractivity contribution in [3.8, 4) is 0 Å². The molecule has 3 nitrogen and oxygen atoms in total. The number of fused-ring (bicyclic) bond motifs is 1. The third-order valence-electron chi connectivity index (χ3n) is 4.72. The molecule has 0 saturated heterocycles. The van der Waals surface area contributed by atoms with Gasteiger partial charge in [-0.1, -0.05) is 44.2 Å². The number of rotatable bonds is 2. The van der Waals surface area contributed by atoms with Crippen molar-refractivity contribution < 1.29 is 0 Å². The second-order valence-corrected chi connectivity index (χ2v) is 6.06. The summed E-state index contributed by atoms with van der Waals surface area (Å²) >= 11 is 0. The lowest BCUT2D eigenvalue weighted by atomic mass is 9.90. The molecule has 3 heteroatoms. The van der Waals surface area contributed by atoms with Crippen molar-refractivity contribution in [1.82, 2.24) is 9.55 Å². The summed E-state index contributed by atoms with van der Waals surface area (Å²) in [7, 11) is 2.16. The molecule has 0 aliphatic heterocycles. The maximum Gasteiger partial charge on any atom is 0.112 e. The van der Waals surface area contributed by atoms with E-state index >= 15 is 0 Å². The predicted octanol–water partition coefficient (Wildman–Crippen LogP) is 3.86. The summed E-state index contributed by atoms with van der Waals surface area (Å²) in [6.45, 7) is 0.568. The Labute approximate surface area is 121 Å². The SMILES string of the molecule is Cn1c(C2CCCCCCC2)nc2c(CN)cccc21. The predicted molar refractivity (Wildman–Crippen MR) is 83.7 cm³/mol. The Balaban J connectivity index is 2.00. The van der Waals surface area contributed by atoms with Gasteiger partial charge in [-0.15, -0.1) is 0 Å². The minimum atomic E-state index is 0.568. The van der Waals surface area contributed by atoms with Crippen LogP contribution < -0.4 is 5.73 Å². The molecule has 3 rings (SSSR count). The van der Waals surface area contributed by atoms with Crippen LogP contribution in [0.4, 0.5) is 0 Å². The van der Waals surface area contributed by atoms with Crippen LogP contribution in [0.5, 0.6) is 0 Å². The average molecular weight is 271 g/mol. The van der Waals surface area contributed by atoms with Gasteiger partial charge in [0.05, 0.1) is 11.0 Å². The van der Waals surface area contributed by atoms with Crippen molar-refractivity contribution in [2.24, 2.45) is 12.8 Å². The van der Waals surface area contributed by atoms with Crippen molar-refractivity contribution in [2.75, 3.05) is 0 Å². The Hall–Kier alpha value is -1.35. The highest BCUT2D eigenvalue weighted by Crippen LogP contribution is 2.32. The summed E-state index contributed by atoms with van der Waals surface area (Å²) in [4.78, 5) is 4.96. The lowest BCUT2D eigenvalue weighted by Gasteiger charge is -2.19. The zero-order valence-corrected chi connectivity index (χ0v) is 12.4. The summed E-state index contributed by atoms with van der Waals surface area (Å²) in [5.74, 6) is 1.89. The van der Waals surface area contributed by atoms with E-state index in [0.717, 1.165) is 11.1 Å². The number of nitrogens with two attached hydrogens (primary N) is 1. The van der Waals surface area contributed by atoms with E-state index in [2.05, 4.69) is 29.8 Å². The fourth-order valence-corrected chi connectivity index (χ4v) is 3.53. The Bertz CT molecular complexity index is 577. The van der Waals surface area contributed by atoms with Crippen molar-refractivity contribution in [3.63, 3.8) is 0 Å². The highest BCUT2D eigenvalue weighted by molar-refractivity contribution is 5.79. The van der Waals surface area contributed by atoms with Crippen LogP contribution in [0, 0.1) is 0 Å². The van der Waals surface area contributed by atoms with Gasteiger partial charge < -0.3 is 10.3 Å². The first kappa shape index (κ1) is 13.6. The van der Waals surface area contributed by atoms with Gasteiger partial charge in [0, 0.05) is 19.5 Å². The quantitative estimate of drug-likeness (QED) is 0.901. The monoisotopic (exact) mass is 271 g/mol. The zero-order chi connectivity index (χ0) is 13.9. The molecular formula is C17H25N3. The Morgan fingerprint density at radius 1 is 1.15 bits per heavy atom. The van der Waals surface area contributed by atoms with E-state index in [4.69, 9.17) is 10.7 Å². The molecule has 1 aliphatic rings. The van der Waals surface area contributed by atoms with Crippen molar-refractivity contribution in [1.29, 1.82) is 0 Å². The zero-order valence-electron chi connectivity index (χ0n) is 12.4. The normalized spacial score (nSPS) is 18.1. The highest BCUT2D eigenvalue weighted by atomic mass is 15.1. The largest absolute Gasteiger partial charge is 0.331 e. The smallest absolute Gasteiger partial charge is 0.112 e. The van der Waals surface area contributed by atoms with Crippen molar-refractivity contribution in [3.05, 3.63) is 29.6 Å². The minimum Gasteiger partial charge on any atom is -0.331 e. The number of benzene rings is 1. The molecule has 0 atom stereocenters. The topological polar surface area (TPSA) is 43.8 Å². The lowest BCUT2D eigenvalue weighted by Crippen LogP contribution is -2.08. The molecule has 1 saturated carbocycles. The first-order chi connectivity index (χ1) is 9.81. The lowest BCUT2D eigenvalue weighted by molar-refractivity contribution is 0.437. The van der Waals surface area contributed by atoms with Crippen molar-refractivity contribution >= 4 is 11.0 Å². The van der Waals surface area contributed by atoms with E-state index in [1.54, 1.807) is 0 Å². The number of hydrogen-bond donors (Lipinski definition) is 1. The Morgan fingerprint density at radius 2 is 1.85 bits per heavy atom. The molecular weight excluding hydrogens is 246 g/mol. The molecule has 2 aromatic rings. The van der Waals surface area contributed by atoms with E-state index in [-0.39, 0.29) is 0 Å². The molecule has 1 aromatic heterocycles. The summed E-state index contributed by atoms with van der Waals surface area (Å²) in [6, 6.07) is 6.35. The van der Waals surface area contributed by atoms with Gasteiger partial charge in [0.15, 0.2) is 0 Å². The van der Waals surface area contributed by atoms with Gasteiger partial charge in [0.1, 0.15) is 5.82 Å². The van der Waals surface area contributed by atoms with Crippen LogP contribution in [-0.4, -0.2) is 9.55 Å². The Morgan fingerprint density at radius 3 is 2.55 bits per heavy atom. The number of aromatic nitrogens is 2. The molecule has 0 radical (unpaired) electrons. The number of aryl methyl sites for hydroxylation is 1. The maximum atomic E-state index is 5.85. The molecule has 20 heavy (non-hydrogen) atoms. The van der Waals surface area contributed by atoms with Gasteiger partial charge in [-0.25, -0.2) is 4.98 Å². The standard InChI is InChI=1S/C17H25N3/c1-20-15-11-7-10-14(12-18)16(15)19-17(20)13-8-5-3-2-4-6-9-13/h7,10-11,13H,2-6,8-9,12,18H2,1H3. The molecule has 108 valence electrons. The molecule has 0 bridgehead atoms. The van der Waals surface area contributed by atoms with E-state index in [9.17, 15) is 0 Å². The van der Waals surface area contributed by atoms with E-state index in [1.165, 1.54) is 56.3 Å². The molecule has 0 spiro atoms. The second-order valence-electron chi connectivity index (χ2n) is 6.06. The summed E-state index contributed by atoms with van der Waals surface area (Å²) < 4.78 is 2.29. The van der Waals surface area contributed by atoms with Crippen LogP contribution in [0.25, 0.3) is 11.0 Å². The number of para-hydroxylation sites is 1. The summed E-state index contributed by atoms with van der Waals surface area (Å²) in [5.41, 5.74) is 9.35. The van der Waals surface area contributed by atoms with Crippen LogP contribution in [0.15, 0.2) is 18.2 Å². The van der Waals surface area contributed by atoms with E-state index in [0.29, 0.717) is 12.5 Å². The number of imidazole rings is 1. The molecule has 2 N–H and O–H groups in total. The highest BCUT2D eigenvalue weighted by Gasteiger charge is 2.20. The molecule has 1 aliphatic carbocycles. The first-order valence-corrected chi connectivity index (χ1v) is 7.95. The van der Waals surface area contributed by atoms with Gasteiger partial charge >= 0.3 is 0 Å². The van der Waals surface area contributed by atoms with Gasteiger partial charge in [-0.3, -0.25) is 0 Å². The number of hydrogen-bond acceptors (Lipinski definition) is 2. The molecule has 0 amide bonds. The summed E-state index contributed by atoms with van der Waals surface area (Å²) in [6.07, 6.45) is 9.44. The Kier molecular flexibility index (Phi) is 4.06. The van der Waals surface area contributed by atoms with Gasteiger partial charge in [-0.2, -0.15) is 0 Å². The first-order valence-electron chi connectivity index (χ1n) is 7.95. The number of nitrogens with zero attached hydrogens (tertiary/aromatic N) is 2. The molecule has 1 fully saturated rings. The summed E-state index contributed by atoms with van der Waals surface area (Å²) in [5, 5.41) is 0. The minimum absolute atomic E-state index is 0.568. The third-order valence-corrected chi connectivity index (χ3v) is 4.72. The van der Waals surface area contributed by atoms with Gasteiger partial charge in [0.2, 0.25) is 0 Å². The van der Waals surface area contributed by atoms with Crippen LogP contribution in [0.3, 0.4) is 0 Å². The fourth-order valence-electron chi connectivity index (χ4n) is 3.53. The van der Waals surface area contributed by atoms with Crippen LogP contribution in [0.2, 0.25) is 0 Å². The third kappa shape index (κ3) is 2.47. The van der Waals surface area contributed by atoms with Crippen molar-refractivity contribution in [2.45, 2.75) is 57.4 Å². The molecule has 0 unspecified atom stereocenters. The average Bonchev–Trinajstić information content (AvgIpc) is 2.76. The van der Waals surface area contributed by atoms with E-state index in [1.807, 2.05) is 0 Å². The van der Waals surface area contributed by atoms with Gasteiger partial charge in [-0.05, 0) is 24.5 Å². The van der Waals surface area contributed by atoms with Crippen LogP contribution in [-0.2, 0) is 13.6 Å². The van der Waals surface area contributed by atoms with Crippen LogP contribution in [0.1, 0.15) is 62.3 Å². The van der Waals surface area contributed by atoms with E-state index < -0.39 is 0 Å².